The van der Waals surface area contributed by atoms with Gasteiger partial charge in [0.15, 0.2) is 0 Å². The number of carbonyl (C=O) groups excluding carboxylic acids is 1. The van der Waals surface area contributed by atoms with Crippen molar-refractivity contribution >= 4 is 23.6 Å². The van der Waals surface area contributed by atoms with E-state index in [2.05, 4.69) is 5.32 Å². The van der Waals surface area contributed by atoms with Crippen molar-refractivity contribution in [3.05, 3.63) is 34.4 Å². The lowest BCUT2D eigenvalue weighted by atomic mass is 10.1. The molecule has 1 N–H and O–H groups in total. The third-order valence-corrected chi connectivity index (χ3v) is 3.12. The van der Waals surface area contributed by atoms with Crippen molar-refractivity contribution in [1.29, 1.82) is 0 Å². The van der Waals surface area contributed by atoms with E-state index in [1.54, 1.807) is 12.1 Å². The molecule has 88 valence electrons. The zero-order valence-electron chi connectivity index (χ0n) is 9.20. The predicted molar refractivity (Wildman–Crippen MR) is 66.1 cm³/mol. The molecule has 0 radical (unpaired) electrons. The molecule has 0 atom stereocenters. The monoisotopic (exact) mass is 249 g/mol. The van der Waals surface area contributed by atoms with Gasteiger partial charge in [0.25, 0.3) is 5.91 Å². The number of benzene rings is 1. The molecular weight excluding hydrogens is 238 g/mol. The number of rotatable bonds is 2. The van der Waals surface area contributed by atoms with E-state index in [4.69, 9.17) is 16.3 Å². The van der Waals surface area contributed by atoms with E-state index >= 15 is 0 Å². The number of carbonyl (C=O) groups is 1. The first-order chi connectivity index (χ1) is 8.22. The topological polar surface area (TPSA) is 38.3 Å². The van der Waals surface area contributed by atoms with Gasteiger partial charge in [0.05, 0.1) is 5.57 Å². The second-order valence-electron chi connectivity index (χ2n) is 4.39. The molecule has 1 aromatic rings. The summed E-state index contributed by atoms with van der Waals surface area (Å²) in [6.07, 6.45) is 4.02. The minimum atomic E-state index is -0.0295. The largest absolute Gasteiger partial charge is 0.488 e. The van der Waals surface area contributed by atoms with Gasteiger partial charge in [-0.1, -0.05) is 11.6 Å². The van der Waals surface area contributed by atoms with Gasteiger partial charge in [-0.05, 0) is 37.1 Å². The summed E-state index contributed by atoms with van der Waals surface area (Å²) in [4.78, 5) is 11.9. The molecule has 1 aliphatic carbocycles. The standard InChI is InChI=1S/C13H12ClNO2/c14-10-1-4-12-8(6-10)5-9(7-17-12)13(16)15-11-2-3-11/h1,4-6,11H,2-3,7H2,(H,15,16). The summed E-state index contributed by atoms with van der Waals surface area (Å²) in [5.41, 5.74) is 1.52. The van der Waals surface area contributed by atoms with Gasteiger partial charge in [-0.25, -0.2) is 0 Å². The molecule has 1 amide bonds. The molecule has 0 aromatic heterocycles. The lowest BCUT2D eigenvalue weighted by Crippen LogP contribution is -2.30. The Bertz CT molecular complexity index is 506. The van der Waals surface area contributed by atoms with Gasteiger partial charge in [0, 0.05) is 16.6 Å². The first-order valence-electron chi connectivity index (χ1n) is 5.66. The molecule has 1 fully saturated rings. The SMILES string of the molecule is O=C(NC1CC1)C1=Cc2cc(Cl)ccc2OC1. The van der Waals surface area contributed by atoms with Crippen molar-refractivity contribution in [3.8, 4) is 5.75 Å². The van der Waals surface area contributed by atoms with Crippen molar-refractivity contribution < 1.29 is 9.53 Å². The van der Waals surface area contributed by atoms with Crippen LogP contribution in [0, 0.1) is 0 Å². The van der Waals surface area contributed by atoms with Crippen molar-refractivity contribution in [2.45, 2.75) is 18.9 Å². The van der Waals surface area contributed by atoms with Crippen LogP contribution in [0.15, 0.2) is 23.8 Å². The summed E-state index contributed by atoms with van der Waals surface area (Å²) >= 11 is 5.91. The molecule has 3 rings (SSSR count). The normalized spacial score (nSPS) is 17.8. The molecule has 1 saturated carbocycles. The fraction of sp³-hybridized carbons (Fsp3) is 0.308. The summed E-state index contributed by atoms with van der Waals surface area (Å²) in [5, 5.41) is 3.59. The van der Waals surface area contributed by atoms with Crippen LogP contribution in [-0.4, -0.2) is 18.6 Å². The van der Waals surface area contributed by atoms with Gasteiger partial charge >= 0.3 is 0 Å². The molecule has 0 saturated heterocycles. The number of ether oxygens (including phenoxy) is 1. The van der Waals surface area contributed by atoms with E-state index in [-0.39, 0.29) is 5.91 Å². The number of nitrogens with one attached hydrogen (secondary N) is 1. The Labute approximate surface area is 104 Å². The lowest BCUT2D eigenvalue weighted by Gasteiger charge is -2.17. The van der Waals surface area contributed by atoms with Crippen LogP contribution in [0.25, 0.3) is 6.08 Å². The van der Waals surface area contributed by atoms with E-state index in [1.807, 2.05) is 12.1 Å². The Morgan fingerprint density at radius 3 is 3.00 bits per heavy atom. The van der Waals surface area contributed by atoms with Crippen LogP contribution in [0.5, 0.6) is 5.75 Å². The smallest absolute Gasteiger partial charge is 0.250 e. The molecule has 17 heavy (non-hydrogen) atoms. The first-order valence-corrected chi connectivity index (χ1v) is 6.04. The minimum absolute atomic E-state index is 0.0295. The quantitative estimate of drug-likeness (QED) is 0.874. The number of hydrogen-bond donors (Lipinski definition) is 1. The summed E-state index contributed by atoms with van der Waals surface area (Å²) < 4.78 is 5.53. The Balaban J connectivity index is 1.85. The number of hydrogen-bond acceptors (Lipinski definition) is 2. The maximum atomic E-state index is 11.9. The predicted octanol–water partition coefficient (Wildman–Crippen LogP) is 2.39. The second kappa shape index (κ2) is 4.08. The average molecular weight is 250 g/mol. The van der Waals surface area contributed by atoms with Crippen LogP contribution in [0.3, 0.4) is 0 Å². The molecule has 0 bridgehead atoms. The first kappa shape index (κ1) is 10.7. The van der Waals surface area contributed by atoms with Gasteiger partial charge in [-0.3, -0.25) is 4.79 Å². The highest BCUT2D eigenvalue weighted by atomic mass is 35.5. The maximum absolute atomic E-state index is 11.9. The highest BCUT2D eigenvalue weighted by Crippen LogP contribution is 2.29. The lowest BCUT2D eigenvalue weighted by molar-refractivity contribution is -0.117. The van der Waals surface area contributed by atoms with Crippen LogP contribution < -0.4 is 10.1 Å². The molecule has 1 aliphatic heterocycles. The fourth-order valence-corrected chi connectivity index (χ4v) is 1.97. The molecule has 2 aliphatic rings. The van der Waals surface area contributed by atoms with Gasteiger partial charge in [0.1, 0.15) is 12.4 Å². The summed E-state index contributed by atoms with van der Waals surface area (Å²) in [5.74, 6) is 0.746. The van der Waals surface area contributed by atoms with Crippen LogP contribution in [0.1, 0.15) is 18.4 Å². The summed E-state index contributed by atoms with van der Waals surface area (Å²) in [6.45, 7) is 0.327. The number of halogens is 1. The zero-order valence-corrected chi connectivity index (χ0v) is 9.96. The Kier molecular flexibility index (Phi) is 2.56. The highest BCUT2D eigenvalue weighted by Gasteiger charge is 2.26. The Hall–Kier alpha value is -1.48. The Morgan fingerprint density at radius 1 is 1.41 bits per heavy atom. The van der Waals surface area contributed by atoms with Gasteiger partial charge in [0.2, 0.25) is 0 Å². The summed E-state index contributed by atoms with van der Waals surface area (Å²) in [7, 11) is 0. The molecule has 4 heteroatoms. The van der Waals surface area contributed by atoms with Gasteiger partial charge in [-0.2, -0.15) is 0 Å². The molecule has 0 unspecified atom stereocenters. The van der Waals surface area contributed by atoms with Gasteiger partial charge in [-0.15, -0.1) is 0 Å². The van der Waals surface area contributed by atoms with Gasteiger partial charge < -0.3 is 10.1 Å². The molecule has 3 nitrogen and oxygen atoms in total. The number of amides is 1. The third-order valence-electron chi connectivity index (χ3n) is 2.89. The zero-order chi connectivity index (χ0) is 11.8. The summed E-state index contributed by atoms with van der Waals surface area (Å²) in [6, 6.07) is 5.78. The van der Waals surface area contributed by atoms with Crippen molar-refractivity contribution in [2.75, 3.05) is 6.61 Å². The van der Waals surface area contributed by atoms with Crippen molar-refractivity contribution in [3.63, 3.8) is 0 Å². The van der Waals surface area contributed by atoms with E-state index in [1.165, 1.54) is 0 Å². The average Bonchev–Trinajstić information content (AvgIpc) is 3.12. The maximum Gasteiger partial charge on any atom is 0.250 e. The highest BCUT2D eigenvalue weighted by molar-refractivity contribution is 6.30. The molecule has 1 heterocycles. The van der Waals surface area contributed by atoms with E-state index in [0.29, 0.717) is 23.2 Å². The minimum Gasteiger partial charge on any atom is -0.488 e. The van der Waals surface area contributed by atoms with Crippen LogP contribution in [-0.2, 0) is 4.79 Å². The molecule has 0 spiro atoms. The molecule has 1 aromatic carbocycles. The van der Waals surface area contributed by atoms with E-state index in [9.17, 15) is 4.79 Å². The molecular formula is C13H12ClNO2. The van der Waals surface area contributed by atoms with Crippen LogP contribution in [0.4, 0.5) is 0 Å². The van der Waals surface area contributed by atoms with Crippen LogP contribution in [0.2, 0.25) is 5.02 Å². The fourth-order valence-electron chi connectivity index (χ4n) is 1.79. The van der Waals surface area contributed by atoms with E-state index < -0.39 is 0 Å². The third kappa shape index (κ3) is 2.29. The van der Waals surface area contributed by atoms with Crippen LogP contribution >= 0.6 is 11.6 Å². The number of fused-ring (bicyclic) bond motifs is 1. The van der Waals surface area contributed by atoms with E-state index in [0.717, 1.165) is 24.2 Å². The van der Waals surface area contributed by atoms with Crippen molar-refractivity contribution in [2.24, 2.45) is 0 Å². The Morgan fingerprint density at radius 2 is 2.24 bits per heavy atom. The second-order valence-corrected chi connectivity index (χ2v) is 4.82. The van der Waals surface area contributed by atoms with Crippen molar-refractivity contribution in [1.82, 2.24) is 5.32 Å².